The van der Waals surface area contributed by atoms with E-state index < -0.39 is 117 Å². The van der Waals surface area contributed by atoms with Crippen LogP contribution in [0.25, 0.3) is 0 Å². The Hall–Kier alpha value is -5.29. The monoisotopic (exact) mass is 1060 g/mol. The van der Waals surface area contributed by atoms with E-state index in [4.69, 9.17) is 23.1 Å². The fraction of sp³-hybridized carbons (Fsp3) is 0.765. The van der Waals surface area contributed by atoms with E-state index >= 15 is 0 Å². The standard InChI is InChI=1S/C26H41N3O9S.C25H39N3O7/c1-6-36-23(32)26-15-17(26)12-10-8-7-9-11-13-19(27-24(33)37-25(2,3)4)22(31)29-16-18(38-39(5,34)35)14-20(29)21(30)28-26;1-5-34-22(32)25-14-16(25)11-9-7-6-8-10-12-18(26-23(33)35-24(2,3)4)21(31)28-15-17(29)13-19(28)20(30)27-25/h10,12,17-20H,6-9,11,13-16H2,1-5H3,(H,27,33)(H,28,30);9,11,16-19,29H,5-8,10,12-15H2,1-4H3,(H,26,33)(H,27,30)/b12-10-;11-9-/t17-,18+,19+,20+,26-;16-,17+,18+,19+,25-/m11/s1. The number of carbonyl (C=O) groups excluding carboxylic acids is 8. The van der Waals surface area contributed by atoms with Gasteiger partial charge in [0, 0.05) is 37.8 Å². The topological polar surface area (TPSA) is 292 Å². The fourth-order valence-corrected chi connectivity index (χ4v) is 10.5. The number of aliphatic hydroxyl groups is 1. The molecule has 2 saturated heterocycles. The lowest BCUT2D eigenvalue weighted by Gasteiger charge is -2.30. The summed E-state index contributed by atoms with van der Waals surface area (Å²) in [5.74, 6) is -3.59. The fourth-order valence-electron chi connectivity index (χ4n) is 9.85. The van der Waals surface area contributed by atoms with Crippen LogP contribution in [0.3, 0.4) is 0 Å². The zero-order valence-electron chi connectivity index (χ0n) is 44.5. The van der Waals surface area contributed by atoms with Gasteiger partial charge in [0.15, 0.2) is 0 Å². The molecule has 5 N–H and O–H groups in total. The molecule has 2 aliphatic carbocycles. The van der Waals surface area contributed by atoms with E-state index in [0.717, 1.165) is 44.8 Å². The van der Waals surface area contributed by atoms with Gasteiger partial charge in [-0.2, -0.15) is 8.42 Å². The number of aliphatic hydroxyl groups excluding tert-OH is 1. The van der Waals surface area contributed by atoms with Gasteiger partial charge in [-0.15, -0.1) is 0 Å². The molecule has 4 heterocycles. The number of allylic oxidation sites excluding steroid dienone is 2. The minimum Gasteiger partial charge on any atom is -0.464 e. The predicted molar refractivity (Wildman–Crippen MR) is 268 cm³/mol. The van der Waals surface area contributed by atoms with Crippen molar-refractivity contribution in [2.24, 2.45) is 11.8 Å². The number of rotatable bonds is 8. The van der Waals surface area contributed by atoms with Crippen molar-refractivity contribution in [2.75, 3.05) is 32.6 Å². The highest BCUT2D eigenvalue weighted by Crippen LogP contribution is 2.47. The number of esters is 2. The third-order valence-corrected chi connectivity index (χ3v) is 14.1. The van der Waals surface area contributed by atoms with Gasteiger partial charge >= 0.3 is 24.1 Å². The van der Waals surface area contributed by atoms with E-state index in [9.17, 15) is 51.9 Å². The van der Waals surface area contributed by atoms with Crippen LogP contribution in [0.5, 0.6) is 0 Å². The first-order valence-corrected chi connectivity index (χ1v) is 27.9. The number of fused-ring (bicyclic) bond motifs is 4. The molecule has 0 bridgehead atoms. The molecule has 22 nitrogen and oxygen atoms in total. The van der Waals surface area contributed by atoms with Crippen LogP contribution in [0.2, 0.25) is 0 Å². The summed E-state index contributed by atoms with van der Waals surface area (Å²) in [7, 11) is -3.87. The molecule has 0 aromatic heterocycles. The summed E-state index contributed by atoms with van der Waals surface area (Å²) in [6.45, 7) is 13.8. The maximum Gasteiger partial charge on any atom is 0.408 e. The second-order valence-electron chi connectivity index (χ2n) is 22.1. The second kappa shape index (κ2) is 25.0. The third-order valence-electron chi connectivity index (χ3n) is 13.5. The molecule has 10 atom stereocenters. The zero-order valence-corrected chi connectivity index (χ0v) is 45.3. The van der Waals surface area contributed by atoms with Crippen LogP contribution in [0.4, 0.5) is 9.59 Å². The number of nitrogens with zero attached hydrogens (tertiary/aromatic N) is 2. The average molecular weight is 1070 g/mol. The summed E-state index contributed by atoms with van der Waals surface area (Å²) < 4.78 is 50.0. The molecule has 74 heavy (non-hydrogen) atoms. The van der Waals surface area contributed by atoms with Crippen LogP contribution < -0.4 is 21.3 Å². The molecular formula is C51H80N6O16S. The Morgan fingerprint density at radius 1 is 0.676 bits per heavy atom. The number of hydrogen-bond donors (Lipinski definition) is 5. The number of amides is 6. The summed E-state index contributed by atoms with van der Waals surface area (Å²) in [6, 6.07) is -3.96. The lowest BCUT2D eigenvalue weighted by molar-refractivity contribution is -0.150. The van der Waals surface area contributed by atoms with Crippen molar-refractivity contribution in [3.63, 3.8) is 0 Å². The smallest absolute Gasteiger partial charge is 0.408 e. The lowest BCUT2D eigenvalue weighted by Crippen LogP contribution is -2.56. The van der Waals surface area contributed by atoms with Crippen molar-refractivity contribution in [1.29, 1.82) is 0 Å². The Bertz CT molecular complexity index is 2240. The van der Waals surface area contributed by atoms with Crippen LogP contribution in [0, 0.1) is 11.8 Å². The van der Waals surface area contributed by atoms with E-state index in [-0.39, 0.29) is 51.0 Å². The van der Waals surface area contributed by atoms with Gasteiger partial charge < -0.3 is 55.1 Å². The normalized spacial score (nSPS) is 31.9. The maximum atomic E-state index is 13.8. The largest absolute Gasteiger partial charge is 0.464 e. The molecule has 4 fully saturated rings. The van der Waals surface area contributed by atoms with Gasteiger partial charge in [0.05, 0.1) is 31.7 Å². The molecular weight excluding hydrogens is 985 g/mol. The summed E-state index contributed by atoms with van der Waals surface area (Å²) in [5.41, 5.74) is -3.91. The molecule has 6 amide bonds. The van der Waals surface area contributed by atoms with Crippen LogP contribution in [-0.4, -0.2) is 162 Å². The van der Waals surface area contributed by atoms with Crippen molar-refractivity contribution >= 4 is 57.9 Å². The van der Waals surface area contributed by atoms with Crippen molar-refractivity contribution in [3.05, 3.63) is 24.3 Å². The lowest BCUT2D eigenvalue weighted by atomic mass is 10.0. The SMILES string of the molecule is CCOC(=O)[C@@]12C[C@H]1/C=C\CCCCC[C@H](NC(=O)OC(C)(C)C)C(=O)N1C[C@@H](O)C[C@H]1C(=O)N2.CCOC(=O)[C@@]12C[C@H]1/C=C\CCCCC[C@H](NC(=O)OC(C)(C)C)C(=O)N1C[C@@H](OS(C)(=O)=O)C[C@H]1C(=O)N2. The summed E-state index contributed by atoms with van der Waals surface area (Å²) in [4.78, 5) is 107. The second-order valence-corrected chi connectivity index (χ2v) is 23.7. The molecule has 0 spiro atoms. The Kier molecular flexibility index (Phi) is 20.2. The molecule has 0 unspecified atom stereocenters. The first-order valence-electron chi connectivity index (χ1n) is 26.1. The third kappa shape index (κ3) is 16.6. The highest BCUT2D eigenvalue weighted by molar-refractivity contribution is 7.86. The van der Waals surface area contributed by atoms with Gasteiger partial charge in [0.25, 0.3) is 10.1 Å². The van der Waals surface area contributed by atoms with Crippen molar-refractivity contribution < 1.29 is 75.0 Å². The summed E-state index contributed by atoms with van der Waals surface area (Å²) >= 11 is 0. The number of ether oxygens (including phenoxy) is 4. The molecule has 2 saturated carbocycles. The summed E-state index contributed by atoms with van der Waals surface area (Å²) in [5, 5.41) is 21.3. The van der Waals surface area contributed by atoms with Gasteiger partial charge in [-0.05, 0) is 107 Å². The zero-order chi connectivity index (χ0) is 54.8. The Balaban J connectivity index is 0.000000276. The molecule has 6 aliphatic rings. The molecule has 6 rings (SSSR count). The van der Waals surface area contributed by atoms with E-state index in [0.29, 0.717) is 38.5 Å². The van der Waals surface area contributed by atoms with Gasteiger partial charge in [-0.1, -0.05) is 50.0 Å². The van der Waals surface area contributed by atoms with Gasteiger partial charge in [-0.3, -0.25) is 23.4 Å². The minimum atomic E-state index is -3.87. The highest BCUT2D eigenvalue weighted by atomic mass is 32.2. The van der Waals surface area contributed by atoms with Crippen molar-refractivity contribution in [3.8, 4) is 0 Å². The Labute approximate surface area is 435 Å². The Morgan fingerprint density at radius 2 is 1.09 bits per heavy atom. The number of hydrogen-bond acceptors (Lipinski definition) is 16. The Morgan fingerprint density at radius 3 is 1.50 bits per heavy atom. The number of carbonyl (C=O) groups is 8. The molecule has 4 aliphatic heterocycles. The maximum absolute atomic E-state index is 13.8. The van der Waals surface area contributed by atoms with E-state index in [1.165, 1.54) is 9.80 Å². The minimum absolute atomic E-state index is 0.0286. The van der Waals surface area contributed by atoms with Gasteiger partial charge in [0.1, 0.15) is 46.4 Å². The molecule has 23 heteroatoms. The number of nitrogens with one attached hydrogen (secondary N) is 4. The number of alkyl carbamates (subject to hydrolysis) is 2. The van der Waals surface area contributed by atoms with E-state index in [1.54, 1.807) is 55.4 Å². The molecule has 416 valence electrons. The van der Waals surface area contributed by atoms with Crippen LogP contribution in [0.15, 0.2) is 24.3 Å². The molecule has 0 radical (unpaired) electrons. The van der Waals surface area contributed by atoms with Crippen LogP contribution in [0.1, 0.15) is 145 Å². The average Bonchev–Trinajstić information content (AvgIpc) is 4.05. The van der Waals surface area contributed by atoms with Crippen molar-refractivity contribution in [2.45, 2.75) is 204 Å². The van der Waals surface area contributed by atoms with Crippen LogP contribution >= 0.6 is 0 Å². The van der Waals surface area contributed by atoms with Gasteiger partial charge in [0.2, 0.25) is 23.6 Å². The first-order chi connectivity index (χ1) is 34.6. The van der Waals surface area contributed by atoms with Crippen molar-refractivity contribution in [1.82, 2.24) is 31.1 Å². The molecule has 0 aromatic carbocycles. The quantitative estimate of drug-likeness (QED) is 0.100. The molecule has 0 aromatic rings. The van der Waals surface area contributed by atoms with E-state index in [1.807, 2.05) is 24.3 Å². The van der Waals surface area contributed by atoms with Crippen LogP contribution in [-0.2, 0) is 62.0 Å². The highest BCUT2D eigenvalue weighted by Gasteiger charge is 2.63. The summed E-state index contributed by atoms with van der Waals surface area (Å²) in [6.07, 6.45) is 13.1. The van der Waals surface area contributed by atoms with Gasteiger partial charge in [-0.25, -0.2) is 19.2 Å². The predicted octanol–water partition coefficient (Wildman–Crippen LogP) is 3.58. The van der Waals surface area contributed by atoms with E-state index in [2.05, 4.69) is 21.3 Å². The first kappa shape index (κ1) is 59.6.